The van der Waals surface area contributed by atoms with E-state index in [1.807, 2.05) is 20.1 Å². The summed E-state index contributed by atoms with van der Waals surface area (Å²) in [5.41, 5.74) is 2.27. The number of ether oxygens (including phenoxy) is 1. The monoisotopic (exact) mass is 373 g/mol. The standard InChI is InChI=1S/C24H39NO2/c1-17(2)21-12-10-20(11-13-21)14-18(3)15-25-19(4)22(26)27-24(8,9)16-23(5,6)7/h10-13,15,17-19H,14,16H2,1-9H3/b25-15+. The molecule has 0 aromatic heterocycles. The van der Waals surface area contributed by atoms with E-state index in [1.54, 1.807) is 6.92 Å². The lowest BCUT2D eigenvalue weighted by atomic mass is 9.83. The zero-order chi connectivity index (χ0) is 20.8. The second-order valence-electron chi connectivity index (χ2n) is 9.97. The first-order valence-electron chi connectivity index (χ1n) is 10.1. The van der Waals surface area contributed by atoms with Crippen molar-refractivity contribution in [3.8, 4) is 0 Å². The van der Waals surface area contributed by atoms with Gasteiger partial charge in [-0.2, -0.15) is 0 Å². The highest BCUT2D eigenvalue weighted by molar-refractivity contribution is 5.78. The molecule has 0 amide bonds. The average Bonchev–Trinajstić information content (AvgIpc) is 2.50. The van der Waals surface area contributed by atoms with Crippen LogP contribution in [0.15, 0.2) is 29.3 Å². The van der Waals surface area contributed by atoms with Crippen LogP contribution in [0.5, 0.6) is 0 Å². The summed E-state index contributed by atoms with van der Waals surface area (Å²) in [7, 11) is 0. The smallest absolute Gasteiger partial charge is 0.331 e. The van der Waals surface area contributed by atoms with Crippen LogP contribution >= 0.6 is 0 Å². The highest BCUT2D eigenvalue weighted by atomic mass is 16.6. The number of hydrogen-bond donors (Lipinski definition) is 0. The molecule has 0 spiro atoms. The molecule has 1 aromatic rings. The lowest BCUT2D eigenvalue weighted by Gasteiger charge is -2.32. The molecule has 2 atom stereocenters. The number of nitrogens with zero attached hydrogens (tertiary/aromatic N) is 1. The van der Waals surface area contributed by atoms with Crippen molar-refractivity contribution in [1.82, 2.24) is 0 Å². The first-order valence-corrected chi connectivity index (χ1v) is 10.1. The Labute approximate surface area is 166 Å². The third-order valence-electron chi connectivity index (χ3n) is 4.44. The van der Waals surface area contributed by atoms with Gasteiger partial charge in [-0.15, -0.1) is 0 Å². The Morgan fingerprint density at radius 2 is 1.59 bits per heavy atom. The van der Waals surface area contributed by atoms with Gasteiger partial charge in [-0.25, -0.2) is 4.79 Å². The Morgan fingerprint density at radius 3 is 2.07 bits per heavy atom. The molecule has 0 radical (unpaired) electrons. The second-order valence-corrected chi connectivity index (χ2v) is 9.97. The van der Waals surface area contributed by atoms with E-state index in [-0.39, 0.29) is 17.3 Å². The minimum atomic E-state index is -0.483. The van der Waals surface area contributed by atoms with Crippen molar-refractivity contribution in [2.24, 2.45) is 16.3 Å². The van der Waals surface area contributed by atoms with Gasteiger partial charge in [0.25, 0.3) is 0 Å². The molecular weight excluding hydrogens is 334 g/mol. The number of hydrogen-bond acceptors (Lipinski definition) is 3. The maximum atomic E-state index is 12.4. The minimum Gasteiger partial charge on any atom is -0.458 e. The molecule has 2 unspecified atom stereocenters. The van der Waals surface area contributed by atoms with Gasteiger partial charge in [0.2, 0.25) is 0 Å². The summed E-state index contributed by atoms with van der Waals surface area (Å²) < 4.78 is 5.71. The van der Waals surface area contributed by atoms with Crippen molar-refractivity contribution in [2.45, 2.75) is 92.7 Å². The fraction of sp³-hybridized carbons (Fsp3) is 0.667. The van der Waals surface area contributed by atoms with Crippen LogP contribution < -0.4 is 0 Å². The van der Waals surface area contributed by atoms with Crippen molar-refractivity contribution < 1.29 is 9.53 Å². The zero-order valence-corrected chi connectivity index (χ0v) is 18.8. The Bertz CT molecular complexity index is 621. The van der Waals surface area contributed by atoms with Gasteiger partial charge in [-0.05, 0) is 62.0 Å². The molecule has 1 aromatic carbocycles. The Balaban J connectivity index is 2.58. The van der Waals surface area contributed by atoms with Gasteiger partial charge in [0.15, 0.2) is 0 Å². The van der Waals surface area contributed by atoms with Crippen molar-refractivity contribution in [3.63, 3.8) is 0 Å². The van der Waals surface area contributed by atoms with Crippen LogP contribution in [-0.4, -0.2) is 23.8 Å². The third-order valence-corrected chi connectivity index (χ3v) is 4.44. The summed E-state index contributed by atoms with van der Waals surface area (Å²) in [6, 6.07) is 8.29. The average molecular weight is 374 g/mol. The van der Waals surface area contributed by atoms with Gasteiger partial charge in [-0.1, -0.05) is 65.8 Å². The lowest BCUT2D eigenvalue weighted by molar-refractivity contribution is -0.159. The van der Waals surface area contributed by atoms with E-state index >= 15 is 0 Å². The summed E-state index contributed by atoms with van der Waals surface area (Å²) in [4.78, 5) is 16.8. The van der Waals surface area contributed by atoms with Crippen LogP contribution in [0.1, 0.15) is 85.8 Å². The number of rotatable bonds is 8. The Morgan fingerprint density at radius 1 is 1.04 bits per heavy atom. The van der Waals surface area contributed by atoms with E-state index in [9.17, 15) is 4.79 Å². The summed E-state index contributed by atoms with van der Waals surface area (Å²) >= 11 is 0. The molecule has 1 rings (SSSR count). The molecule has 152 valence electrons. The predicted octanol–water partition coefficient (Wildman–Crippen LogP) is 6.21. The molecular formula is C24H39NO2. The maximum absolute atomic E-state index is 12.4. The van der Waals surface area contributed by atoms with E-state index < -0.39 is 11.6 Å². The molecule has 27 heavy (non-hydrogen) atoms. The largest absolute Gasteiger partial charge is 0.458 e. The summed E-state index contributed by atoms with van der Waals surface area (Å²) in [5.74, 6) is 0.564. The van der Waals surface area contributed by atoms with Crippen molar-refractivity contribution in [3.05, 3.63) is 35.4 Å². The van der Waals surface area contributed by atoms with Crippen LogP contribution in [-0.2, 0) is 16.0 Å². The SMILES string of the molecule is CC(/C=N/C(C)C(=O)OC(C)(C)CC(C)(C)C)Cc1ccc(C(C)C)cc1. The number of aliphatic imine (C=N–C) groups is 1. The molecule has 0 heterocycles. The number of esters is 1. The molecule has 0 N–H and O–H groups in total. The van der Waals surface area contributed by atoms with Gasteiger partial charge < -0.3 is 4.74 Å². The molecule has 3 nitrogen and oxygen atoms in total. The van der Waals surface area contributed by atoms with Crippen molar-refractivity contribution >= 4 is 12.2 Å². The van der Waals surface area contributed by atoms with E-state index in [4.69, 9.17) is 4.74 Å². The van der Waals surface area contributed by atoms with Crippen LogP contribution in [0.2, 0.25) is 0 Å². The lowest BCUT2D eigenvalue weighted by Crippen LogP contribution is -2.35. The molecule has 0 aliphatic carbocycles. The van der Waals surface area contributed by atoms with Crippen LogP contribution in [0.25, 0.3) is 0 Å². The zero-order valence-electron chi connectivity index (χ0n) is 18.8. The first kappa shape index (κ1) is 23.4. The molecule has 0 bridgehead atoms. The van der Waals surface area contributed by atoms with E-state index in [0.29, 0.717) is 5.92 Å². The number of carbonyl (C=O) groups excluding carboxylic acids is 1. The molecule has 0 saturated heterocycles. The molecule has 0 saturated carbocycles. The maximum Gasteiger partial charge on any atom is 0.331 e. The first-order chi connectivity index (χ1) is 12.3. The summed E-state index contributed by atoms with van der Waals surface area (Å²) in [6.45, 7) is 18.7. The Kier molecular flexibility index (Phi) is 8.25. The van der Waals surface area contributed by atoms with Crippen LogP contribution in [0, 0.1) is 11.3 Å². The molecule has 0 aliphatic heterocycles. The van der Waals surface area contributed by atoms with Crippen molar-refractivity contribution in [1.29, 1.82) is 0 Å². The third kappa shape index (κ3) is 9.21. The van der Waals surface area contributed by atoms with E-state index in [1.165, 1.54) is 11.1 Å². The second kappa shape index (κ2) is 9.52. The van der Waals surface area contributed by atoms with Gasteiger partial charge >= 0.3 is 5.97 Å². The predicted molar refractivity (Wildman–Crippen MR) is 116 cm³/mol. The Hall–Kier alpha value is -1.64. The molecule has 0 fully saturated rings. The topological polar surface area (TPSA) is 38.7 Å². The number of benzene rings is 1. The summed E-state index contributed by atoms with van der Waals surface area (Å²) in [5, 5.41) is 0. The van der Waals surface area contributed by atoms with Crippen LogP contribution in [0.3, 0.4) is 0 Å². The van der Waals surface area contributed by atoms with E-state index in [0.717, 1.165) is 12.8 Å². The molecule has 3 heteroatoms. The van der Waals surface area contributed by atoms with Gasteiger partial charge in [-0.3, -0.25) is 4.99 Å². The van der Waals surface area contributed by atoms with E-state index in [2.05, 4.69) is 70.8 Å². The quantitative estimate of drug-likeness (QED) is 0.401. The van der Waals surface area contributed by atoms with Gasteiger partial charge in [0.05, 0.1) is 0 Å². The minimum absolute atomic E-state index is 0.107. The van der Waals surface area contributed by atoms with Crippen LogP contribution in [0.4, 0.5) is 0 Å². The normalized spacial score (nSPS) is 15.2. The highest BCUT2D eigenvalue weighted by Crippen LogP contribution is 2.29. The fourth-order valence-electron chi connectivity index (χ4n) is 3.47. The highest BCUT2D eigenvalue weighted by Gasteiger charge is 2.30. The van der Waals surface area contributed by atoms with Crippen molar-refractivity contribution in [2.75, 3.05) is 0 Å². The number of carbonyl (C=O) groups is 1. The van der Waals surface area contributed by atoms with Gasteiger partial charge in [0.1, 0.15) is 11.6 Å². The summed E-state index contributed by atoms with van der Waals surface area (Å²) in [6.07, 6.45) is 3.61. The van der Waals surface area contributed by atoms with Gasteiger partial charge in [0, 0.05) is 6.21 Å². The fourth-order valence-corrected chi connectivity index (χ4v) is 3.47. The molecule has 0 aliphatic rings.